The molecular weight excluding hydrogens is 360 g/mol. The minimum atomic E-state index is -0.121. The van der Waals surface area contributed by atoms with Gasteiger partial charge in [-0.05, 0) is 34.9 Å². The molecule has 1 heterocycles. The monoisotopic (exact) mass is 380 g/mol. The molecule has 0 saturated carbocycles. The van der Waals surface area contributed by atoms with Crippen LogP contribution in [-0.4, -0.2) is 5.78 Å². The molecule has 29 heavy (non-hydrogen) atoms. The van der Waals surface area contributed by atoms with Crippen LogP contribution in [0.1, 0.15) is 27.0 Å². The molecule has 1 aliphatic heterocycles. The van der Waals surface area contributed by atoms with Crippen LogP contribution in [0.3, 0.4) is 0 Å². The maximum absolute atomic E-state index is 12.5. The zero-order valence-electron chi connectivity index (χ0n) is 15.9. The summed E-state index contributed by atoms with van der Waals surface area (Å²) in [6, 6.07) is 23.2. The molecule has 0 unspecified atom stereocenters. The van der Waals surface area contributed by atoms with Crippen molar-refractivity contribution in [3.63, 3.8) is 0 Å². The van der Waals surface area contributed by atoms with Crippen LogP contribution in [0, 0.1) is 0 Å². The number of ketones is 1. The Morgan fingerprint density at radius 2 is 1.72 bits per heavy atom. The number of hydrogen-bond acceptors (Lipinski definition) is 3. The molecule has 3 nitrogen and oxygen atoms in total. The van der Waals surface area contributed by atoms with Crippen molar-refractivity contribution in [2.24, 2.45) is 0 Å². The van der Waals surface area contributed by atoms with Crippen molar-refractivity contribution >= 4 is 17.9 Å². The van der Waals surface area contributed by atoms with E-state index in [1.807, 2.05) is 66.7 Å². The van der Waals surface area contributed by atoms with Crippen LogP contribution in [0.25, 0.3) is 12.2 Å². The molecule has 0 aromatic heterocycles. The van der Waals surface area contributed by atoms with Crippen LogP contribution in [0.5, 0.6) is 11.5 Å². The molecule has 0 bridgehead atoms. The molecule has 0 saturated heterocycles. The van der Waals surface area contributed by atoms with E-state index in [1.54, 1.807) is 30.4 Å². The molecule has 142 valence electrons. The van der Waals surface area contributed by atoms with Crippen molar-refractivity contribution in [1.29, 1.82) is 0 Å². The molecule has 0 spiro atoms. The Morgan fingerprint density at radius 3 is 2.48 bits per heavy atom. The Kier molecular flexibility index (Phi) is 5.39. The minimum absolute atomic E-state index is 0.121. The van der Waals surface area contributed by atoms with E-state index in [0.717, 1.165) is 16.7 Å². The summed E-state index contributed by atoms with van der Waals surface area (Å²) >= 11 is 0. The Morgan fingerprint density at radius 1 is 0.931 bits per heavy atom. The van der Waals surface area contributed by atoms with Gasteiger partial charge in [0.15, 0.2) is 5.76 Å². The fourth-order valence-electron chi connectivity index (χ4n) is 3.00. The third-order valence-electron chi connectivity index (χ3n) is 4.60. The number of ether oxygens (including phenoxy) is 2. The lowest BCUT2D eigenvalue weighted by atomic mass is 10.1. The van der Waals surface area contributed by atoms with E-state index in [1.165, 1.54) is 0 Å². The number of carbonyl (C=O) groups is 1. The van der Waals surface area contributed by atoms with E-state index in [4.69, 9.17) is 9.47 Å². The quantitative estimate of drug-likeness (QED) is 0.486. The fraction of sp³-hybridized carbons (Fsp3) is 0.0385. The second-order valence-corrected chi connectivity index (χ2v) is 6.62. The Labute approximate surface area is 170 Å². The number of hydrogen-bond donors (Lipinski definition) is 0. The summed E-state index contributed by atoms with van der Waals surface area (Å²) < 4.78 is 11.6. The zero-order chi connectivity index (χ0) is 20.1. The number of carbonyl (C=O) groups excluding carboxylic acids is 1. The van der Waals surface area contributed by atoms with Gasteiger partial charge in [-0.25, -0.2) is 0 Å². The first-order valence-electron chi connectivity index (χ1n) is 9.37. The molecule has 4 rings (SSSR count). The Hall–Kier alpha value is -3.85. The first-order chi connectivity index (χ1) is 14.2. The number of fused-ring (bicyclic) bond motifs is 1. The van der Waals surface area contributed by atoms with Crippen LogP contribution in [0.2, 0.25) is 0 Å². The van der Waals surface area contributed by atoms with Crippen LogP contribution >= 0.6 is 0 Å². The van der Waals surface area contributed by atoms with Gasteiger partial charge in [0.2, 0.25) is 5.78 Å². The van der Waals surface area contributed by atoms with Gasteiger partial charge in [-0.1, -0.05) is 79.4 Å². The van der Waals surface area contributed by atoms with Crippen LogP contribution < -0.4 is 9.47 Å². The van der Waals surface area contributed by atoms with Crippen LogP contribution in [0.15, 0.2) is 97.3 Å². The molecule has 0 aliphatic carbocycles. The summed E-state index contributed by atoms with van der Waals surface area (Å²) in [4.78, 5) is 12.5. The summed E-state index contributed by atoms with van der Waals surface area (Å²) in [6.45, 7) is 4.19. The fourth-order valence-corrected chi connectivity index (χ4v) is 3.00. The first-order valence-corrected chi connectivity index (χ1v) is 9.37. The lowest BCUT2D eigenvalue weighted by molar-refractivity contribution is 0.101. The average Bonchev–Trinajstić information content (AvgIpc) is 3.08. The standard InChI is InChI=1S/C26H20O3/c1-2-19-11-13-21(14-12-19)18-28-22-15-16-23-25(17-22)29-24(26(23)27)10-6-9-20-7-4-3-5-8-20/h2-17H,1,18H2/b9-6+,24-10-. The van der Waals surface area contributed by atoms with Crippen molar-refractivity contribution in [3.8, 4) is 11.5 Å². The van der Waals surface area contributed by atoms with Gasteiger partial charge in [0.05, 0.1) is 5.56 Å². The van der Waals surface area contributed by atoms with Gasteiger partial charge in [0.1, 0.15) is 18.1 Å². The number of allylic oxidation sites excluding steroid dienone is 3. The highest BCUT2D eigenvalue weighted by Crippen LogP contribution is 2.34. The van der Waals surface area contributed by atoms with E-state index >= 15 is 0 Å². The zero-order valence-corrected chi connectivity index (χ0v) is 15.9. The van der Waals surface area contributed by atoms with Crippen molar-refractivity contribution < 1.29 is 14.3 Å². The second kappa shape index (κ2) is 8.44. The highest BCUT2D eigenvalue weighted by molar-refractivity contribution is 6.12. The van der Waals surface area contributed by atoms with Gasteiger partial charge in [-0.2, -0.15) is 0 Å². The minimum Gasteiger partial charge on any atom is -0.489 e. The Balaban J connectivity index is 1.43. The van der Waals surface area contributed by atoms with Gasteiger partial charge < -0.3 is 9.47 Å². The maximum atomic E-state index is 12.5. The van der Waals surface area contributed by atoms with Crippen molar-refractivity contribution in [2.45, 2.75) is 6.61 Å². The lowest BCUT2D eigenvalue weighted by Crippen LogP contribution is -1.97. The molecule has 0 fully saturated rings. The van der Waals surface area contributed by atoms with Gasteiger partial charge >= 0.3 is 0 Å². The molecule has 0 amide bonds. The summed E-state index contributed by atoms with van der Waals surface area (Å²) in [5.41, 5.74) is 3.73. The highest BCUT2D eigenvalue weighted by Gasteiger charge is 2.27. The van der Waals surface area contributed by atoms with Gasteiger partial charge in [-0.3, -0.25) is 4.79 Å². The first kappa shape index (κ1) is 18.5. The Bertz CT molecular complexity index is 1090. The average molecular weight is 380 g/mol. The summed E-state index contributed by atoms with van der Waals surface area (Å²) in [5, 5.41) is 0. The van der Waals surface area contributed by atoms with E-state index in [0.29, 0.717) is 29.4 Å². The molecule has 0 atom stereocenters. The van der Waals surface area contributed by atoms with Gasteiger partial charge in [0, 0.05) is 6.07 Å². The van der Waals surface area contributed by atoms with Gasteiger partial charge in [-0.15, -0.1) is 0 Å². The predicted molar refractivity (Wildman–Crippen MR) is 116 cm³/mol. The summed E-state index contributed by atoms with van der Waals surface area (Å²) in [7, 11) is 0. The lowest BCUT2D eigenvalue weighted by Gasteiger charge is -2.07. The smallest absolute Gasteiger partial charge is 0.231 e. The molecule has 3 aromatic carbocycles. The third-order valence-corrected chi connectivity index (χ3v) is 4.60. The van der Waals surface area contributed by atoms with Gasteiger partial charge in [0.25, 0.3) is 0 Å². The molecule has 0 radical (unpaired) electrons. The van der Waals surface area contributed by atoms with Crippen LogP contribution in [0.4, 0.5) is 0 Å². The molecule has 1 aliphatic rings. The largest absolute Gasteiger partial charge is 0.489 e. The SMILES string of the molecule is C=Cc1ccc(COc2ccc3c(c2)O/C(=C\C=C\c2ccccc2)C3=O)cc1. The maximum Gasteiger partial charge on any atom is 0.231 e. The normalized spacial score (nSPS) is 14.1. The number of rotatable bonds is 6. The summed E-state index contributed by atoms with van der Waals surface area (Å²) in [5.74, 6) is 1.37. The topological polar surface area (TPSA) is 35.5 Å². The highest BCUT2D eigenvalue weighted by atomic mass is 16.5. The van der Waals surface area contributed by atoms with E-state index in [2.05, 4.69) is 6.58 Å². The molecule has 0 N–H and O–H groups in total. The molecule has 3 aromatic rings. The van der Waals surface area contributed by atoms with E-state index in [-0.39, 0.29) is 5.78 Å². The molecule has 3 heteroatoms. The number of benzene rings is 3. The van der Waals surface area contributed by atoms with Crippen molar-refractivity contribution in [2.75, 3.05) is 0 Å². The predicted octanol–water partition coefficient (Wildman–Crippen LogP) is 6.08. The second-order valence-electron chi connectivity index (χ2n) is 6.62. The number of Topliss-reactive ketones (excluding diaryl/α,β-unsaturated/α-hetero) is 1. The third kappa shape index (κ3) is 4.36. The van der Waals surface area contributed by atoms with E-state index in [9.17, 15) is 4.79 Å². The summed E-state index contributed by atoms with van der Waals surface area (Å²) in [6.07, 6.45) is 7.24. The van der Waals surface area contributed by atoms with Crippen molar-refractivity contribution in [1.82, 2.24) is 0 Å². The van der Waals surface area contributed by atoms with Crippen LogP contribution in [-0.2, 0) is 6.61 Å². The molecular formula is C26H20O3. The van der Waals surface area contributed by atoms with Crippen molar-refractivity contribution in [3.05, 3.63) is 120 Å². The van der Waals surface area contributed by atoms with E-state index < -0.39 is 0 Å².